The number of methoxy groups -OCH3 is 1. The molecule has 0 aliphatic carbocycles. The molecule has 1 aromatic rings. The zero-order chi connectivity index (χ0) is 14.0. The first kappa shape index (κ1) is 14.3. The molecule has 1 fully saturated rings. The number of benzene rings is 1. The van der Waals surface area contributed by atoms with Gasteiger partial charge in [-0.25, -0.2) is 12.8 Å². The van der Waals surface area contributed by atoms with E-state index in [2.05, 4.69) is 5.32 Å². The first-order valence-corrected chi connectivity index (χ1v) is 8.04. The summed E-state index contributed by atoms with van der Waals surface area (Å²) in [6.07, 6.45) is 0.573. The third kappa shape index (κ3) is 3.25. The van der Waals surface area contributed by atoms with Gasteiger partial charge in [0.05, 0.1) is 18.6 Å². The normalized spacial score (nSPS) is 23.2. The highest BCUT2D eigenvalue weighted by Gasteiger charge is 2.29. The number of nitrogens with one attached hydrogen (secondary N) is 1. The Kier molecular flexibility index (Phi) is 4.10. The van der Waals surface area contributed by atoms with Gasteiger partial charge in [0.2, 0.25) is 0 Å². The fraction of sp³-hybridized carbons (Fsp3) is 0.538. The van der Waals surface area contributed by atoms with E-state index in [1.165, 1.54) is 13.2 Å². The fourth-order valence-electron chi connectivity index (χ4n) is 2.48. The molecule has 1 heterocycles. The quantitative estimate of drug-likeness (QED) is 0.915. The molecule has 1 aromatic carbocycles. The average molecular weight is 287 g/mol. The van der Waals surface area contributed by atoms with Crippen LogP contribution in [0.2, 0.25) is 0 Å². The Morgan fingerprint density at radius 1 is 1.47 bits per heavy atom. The average Bonchev–Trinajstić information content (AvgIpc) is 2.67. The molecule has 2 rings (SSSR count). The number of sulfone groups is 1. The molecule has 106 valence electrons. The van der Waals surface area contributed by atoms with Crippen molar-refractivity contribution in [1.82, 2.24) is 5.32 Å². The molecule has 2 unspecified atom stereocenters. The molecule has 1 N–H and O–H groups in total. The monoisotopic (exact) mass is 287 g/mol. The minimum atomic E-state index is -2.94. The van der Waals surface area contributed by atoms with E-state index in [1.807, 2.05) is 6.92 Å². The summed E-state index contributed by atoms with van der Waals surface area (Å²) in [5, 5.41) is 3.17. The fourth-order valence-corrected chi connectivity index (χ4v) is 4.17. The first-order chi connectivity index (χ1) is 8.93. The molecular weight excluding hydrogens is 269 g/mol. The molecule has 0 spiro atoms. The first-order valence-electron chi connectivity index (χ1n) is 6.22. The van der Waals surface area contributed by atoms with Crippen molar-refractivity contribution in [3.63, 3.8) is 0 Å². The van der Waals surface area contributed by atoms with Crippen molar-refractivity contribution in [2.45, 2.75) is 25.4 Å². The largest absolute Gasteiger partial charge is 0.496 e. The molecule has 1 aliphatic rings. The van der Waals surface area contributed by atoms with Gasteiger partial charge in [0, 0.05) is 17.6 Å². The summed E-state index contributed by atoms with van der Waals surface area (Å²) in [6.45, 7) is 1.81. The summed E-state index contributed by atoms with van der Waals surface area (Å²) in [6, 6.07) is 4.24. The molecule has 0 aromatic heterocycles. The summed E-state index contributed by atoms with van der Waals surface area (Å²) in [5.74, 6) is 0.445. The van der Waals surface area contributed by atoms with Gasteiger partial charge in [-0.1, -0.05) is 6.07 Å². The van der Waals surface area contributed by atoms with Crippen LogP contribution in [0.4, 0.5) is 4.39 Å². The van der Waals surface area contributed by atoms with Crippen LogP contribution in [0.25, 0.3) is 0 Å². The van der Waals surface area contributed by atoms with Crippen LogP contribution in [0.15, 0.2) is 18.2 Å². The van der Waals surface area contributed by atoms with Gasteiger partial charge in [0.25, 0.3) is 0 Å². The molecule has 4 nitrogen and oxygen atoms in total. The van der Waals surface area contributed by atoms with E-state index in [0.29, 0.717) is 17.7 Å². The van der Waals surface area contributed by atoms with Gasteiger partial charge >= 0.3 is 0 Å². The van der Waals surface area contributed by atoms with Crippen molar-refractivity contribution in [2.24, 2.45) is 0 Å². The van der Waals surface area contributed by atoms with Crippen molar-refractivity contribution in [3.05, 3.63) is 29.6 Å². The van der Waals surface area contributed by atoms with Crippen LogP contribution in [0.1, 0.15) is 24.9 Å². The Balaban J connectivity index is 2.14. The molecule has 0 amide bonds. The Morgan fingerprint density at radius 3 is 2.79 bits per heavy atom. The highest BCUT2D eigenvalue weighted by atomic mass is 32.2. The van der Waals surface area contributed by atoms with Gasteiger partial charge in [-0.2, -0.15) is 0 Å². The lowest BCUT2D eigenvalue weighted by atomic mass is 10.1. The van der Waals surface area contributed by atoms with Crippen molar-refractivity contribution in [2.75, 3.05) is 18.6 Å². The number of hydrogen-bond acceptors (Lipinski definition) is 4. The third-order valence-corrected chi connectivity index (χ3v) is 5.15. The van der Waals surface area contributed by atoms with Crippen molar-refractivity contribution < 1.29 is 17.5 Å². The van der Waals surface area contributed by atoms with Gasteiger partial charge in [-0.05, 0) is 25.5 Å². The highest BCUT2D eigenvalue weighted by Crippen LogP contribution is 2.28. The topological polar surface area (TPSA) is 55.4 Å². The predicted octanol–water partition coefficient (Wildman–Crippen LogP) is 1.67. The highest BCUT2D eigenvalue weighted by molar-refractivity contribution is 7.91. The lowest BCUT2D eigenvalue weighted by molar-refractivity contribution is 0.387. The zero-order valence-corrected chi connectivity index (χ0v) is 11.8. The van der Waals surface area contributed by atoms with E-state index in [0.717, 1.165) is 0 Å². The van der Waals surface area contributed by atoms with E-state index < -0.39 is 9.84 Å². The Labute approximate surface area is 112 Å². The predicted molar refractivity (Wildman–Crippen MR) is 71.6 cm³/mol. The molecule has 0 bridgehead atoms. The van der Waals surface area contributed by atoms with Gasteiger partial charge in [0.15, 0.2) is 9.84 Å². The lowest BCUT2D eigenvalue weighted by Crippen LogP contribution is -2.33. The van der Waals surface area contributed by atoms with Crippen LogP contribution < -0.4 is 10.1 Å². The smallest absolute Gasteiger partial charge is 0.151 e. The summed E-state index contributed by atoms with van der Waals surface area (Å²) < 4.78 is 41.9. The second-order valence-electron chi connectivity index (χ2n) is 4.84. The van der Waals surface area contributed by atoms with Gasteiger partial charge in [0.1, 0.15) is 11.6 Å². The number of ether oxygens (including phenoxy) is 1. The maximum Gasteiger partial charge on any atom is 0.151 e. The zero-order valence-electron chi connectivity index (χ0n) is 11.0. The van der Waals surface area contributed by atoms with E-state index in [4.69, 9.17) is 4.74 Å². The summed E-state index contributed by atoms with van der Waals surface area (Å²) in [4.78, 5) is 0. The molecule has 1 aliphatic heterocycles. The van der Waals surface area contributed by atoms with Crippen molar-refractivity contribution in [3.8, 4) is 5.75 Å². The summed E-state index contributed by atoms with van der Waals surface area (Å²) in [5.41, 5.74) is 0.439. The number of rotatable bonds is 4. The minimum Gasteiger partial charge on any atom is -0.496 e. The van der Waals surface area contributed by atoms with Gasteiger partial charge in [-0.15, -0.1) is 0 Å². The van der Waals surface area contributed by atoms with Gasteiger partial charge in [-0.3, -0.25) is 0 Å². The Bertz CT molecular complexity index is 559. The second kappa shape index (κ2) is 5.46. The Hall–Kier alpha value is -1.14. The standard InChI is InChI=1S/C13H18FNO3S/c1-9(15-10-6-7-19(16,17)8-10)13-11(14)4-3-5-12(13)18-2/h3-5,9-10,15H,6-8H2,1-2H3. The molecule has 2 atom stereocenters. The molecule has 19 heavy (non-hydrogen) atoms. The second-order valence-corrected chi connectivity index (χ2v) is 7.07. The summed E-state index contributed by atoms with van der Waals surface area (Å²) in [7, 11) is -1.45. The van der Waals surface area contributed by atoms with Crippen LogP contribution in [0.3, 0.4) is 0 Å². The van der Waals surface area contributed by atoms with Crippen molar-refractivity contribution in [1.29, 1.82) is 0 Å². The van der Waals surface area contributed by atoms with Crippen molar-refractivity contribution >= 4 is 9.84 Å². The number of halogens is 1. The van der Waals surface area contributed by atoms with E-state index in [9.17, 15) is 12.8 Å². The van der Waals surface area contributed by atoms with E-state index in [-0.39, 0.29) is 29.4 Å². The minimum absolute atomic E-state index is 0.119. The number of hydrogen-bond donors (Lipinski definition) is 1. The van der Waals surface area contributed by atoms with Crippen LogP contribution in [0, 0.1) is 5.82 Å². The van der Waals surface area contributed by atoms with E-state index in [1.54, 1.807) is 12.1 Å². The van der Waals surface area contributed by atoms with Crippen LogP contribution in [-0.4, -0.2) is 33.1 Å². The molecular formula is C13H18FNO3S. The van der Waals surface area contributed by atoms with E-state index >= 15 is 0 Å². The Morgan fingerprint density at radius 2 is 2.21 bits per heavy atom. The molecule has 0 saturated carbocycles. The third-order valence-electron chi connectivity index (χ3n) is 3.38. The molecule has 6 heteroatoms. The maximum absolute atomic E-state index is 13.9. The SMILES string of the molecule is COc1cccc(F)c1C(C)NC1CCS(=O)(=O)C1. The van der Waals surface area contributed by atoms with Gasteiger partial charge < -0.3 is 10.1 Å². The maximum atomic E-state index is 13.9. The molecule has 1 saturated heterocycles. The molecule has 0 radical (unpaired) electrons. The lowest BCUT2D eigenvalue weighted by Gasteiger charge is -2.21. The summed E-state index contributed by atoms with van der Waals surface area (Å²) >= 11 is 0. The van der Waals surface area contributed by atoms with Crippen LogP contribution in [-0.2, 0) is 9.84 Å². The van der Waals surface area contributed by atoms with Crippen LogP contribution in [0.5, 0.6) is 5.75 Å². The van der Waals surface area contributed by atoms with Crippen LogP contribution >= 0.6 is 0 Å².